The molecule has 2 rings (SSSR count). The Balaban J connectivity index is 2.17. The fourth-order valence-electron chi connectivity index (χ4n) is 1.98. The Labute approximate surface area is 101 Å². The molecule has 1 atom stereocenters. The van der Waals surface area contributed by atoms with Gasteiger partial charge < -0.3 is 14.2 Å². The van der Waals surface area contributed by atoms with Gasteiger partial charge in [0.05, 0.1) is 6.10 Å². The van der Waals surface area contributed by atoms with Gasteiger partial charge in [0.1, 0.15) is 25.4 Å². The average molecular weight is 236 g/mol. The highest BCUT2D eigenvalue weighted by molar-refractivity contribution is 5.76. The van der Waals surface area contributed by atoms with E-state index in [4.69, 9.17) is 14.2 Å². The molecule has 0 saturated carbocycles. The number of ether oxygens (including phenoxy) is 3. The van der Waals surface area contributed by atoms with E-state index in [-0.39, 0.29) is 12.9 Å². The van der Waals surface area contributed by atoms with Crippen molar-refractivity contribution in [2.24, 2.45) is 0 Å². The maximum absolute atomic E-state index is 10.7. The zero-order valence-corrected chi connectivity index (χ0v) is 10.1. The van der Waals surface area contributed by atoms with E-state index >= 15 is 0 Å². The molecule has 0 amide bonds. The Kier molecular flexibility index (Phi) is 3.76. The molecule has 0 aromatic heterocycles. The standard InChI is InChI=1S/C13H16O4/c1-9-3-11(17-8-15-2)5-13-12(9)4-10(6-14)7-16-13/h4-6,11H,3,7-8H2,1-2H3. The Morgan fingerprint density at radius 2 is 2.41 bits per heavy atom. The predicted octanol–water partition coefficient (Wildman–Crippen LogP) is 1.74. The highest BCUT2D eigenvalue weighted by atomic mass is 16.7. The number of fused-ring (bicyclic) bond motifs is 1. The van der Waals surface area contributed by atoms with Crippen LogP contribution in [0.4, 0.5) is 0 Å². The topological polar surface area (TPSA) is 44.8 Å². The minimum atomic E-state index is -0.0140. The largest absolute Gasteiger partial charge is 0.488 e. The Morgan fingerprint density at radius 1 is 1.59 bits per heavy atom. The Bertz CT molecular complexity index is 404. The van der Waals surface area contributed by atoms with E-state index < -0.39 is 0 Å². The molecule has 1 unspecified atom stereocenters. The van der Waals surface area contributed by atoms with Crippen LogP contribution in [0.25, 0.3) is 0 Å². The molecule has 17 heavy (non-hydrogen) atoms. The number of methoxy groups -OCH3 is 1. The molecule has 0 spiro atoms. The molecule has 4 nitrogen and oxygen atoms in total. The first-order valence-electron chi connectivity index (χ1n) is 5.55. The van der Waals surface area contributed by atoms with Gasteiger partial charge in [0.25, 0.3) is 0 Å². The van der Waals surface area contributed by atoms with E-state index in [1.54, 1.807) is 7.11 Å². The molecule has 0 aromatic carbocycles. The second-order valence-corrected chi connectivity index (χ2v) is 4.17. The molecule has 2 aliphatic rings. The minimum absolute atomic E-state index is 0.0140. The number of carbonyl (C=O) groups excluding carboxylic acids is 1. The molecule has 0 saturated heterocycles. The summed E-state index contributed by atoms with van der Waals surface area (Å²) in [6, 6.07) is 0. The summed E-state index contributed by atoms with van der Waals surface area (Å²) < 4.78 is 15.9. The van der Waals surface area contributed by atoms with E-state index in [2.05, 4.69) is 0 Å². The lowest BCUT2D eigenvalue weighted by Crippen LogP contribution is -2.21. The van der Waals surface area contributed by atoms with Crippen LogP contribution in [-0.4, -0.2) is 32.9 Å². The second-order valence-electron chi connectivity index (χ2n) is 4.17. The molecular formula is C13H16O4. The average Bonchev–Trinajstić information content (AvgIpc) is 2.36. The van der Waals surface area contributed by atoms with E-state index in [1.807, 2.05) is 19.1 Å². The molecule has 0 aromatic rings. The maximum atomic E-state index is 10.7. The zero-order chi connectivity index (χ0) is 12.3. The molecule has 4 heteroatoms. The van der Waals surface area contributed by atoms with Gasteiger partial charge in [0, 0.05) is 18.3 Å². The third-order valence-electron chi connectivity index (χ3n) is 2.85. The van der Waals surface area contributed by atoms with Crippen molar-refractivity contribution in [1.29, 1.82) is 0 Å². The summed E-state index contributed by atoms with van der Waals surface area (Å²) in [4.78, 5) is 10.7. The van der Waals surface area contributed by atoms with Crippen LogP contribution in [0, 0.1) is 0 Å². The number of hydrogen-bond acceptors (Lipinski definition) is 4. The lowest BCUT2D eigenvalue weighted by Gasteiger charge is -2.27. The van der Waals surface area contributed by atoms with Crippen LogP contribution in [0.2, 0.25) is 0 Å². The van der Waals surface area contributed by atoms with Gasteiger partial charge in [-0.25, -0.2) is 0 Å². The first-order valence-corrected chi connectivity index (χ1v) is 5.55. The summed E-state index contributed by atoms with van der Waals surface area (Å²) in [5, 5.41) is 0. The number of aldehydes is 1. The number of allylic oxidation sites excluding steroid dienone is 1. The summed E-state index contributed by atoms with van der Waals surface area (Å²) in [6.07, 6.45) is 5.46. The first kappa shape index (κ1) is 12.1. The second kappa shape index (κ2) is 5.29. The molecule has 1 heterocycles. The van der Waals surface area contributed by atoms with Crippen molar-refractivity contribution in [3.05, 3.63) is 34.6 Å². The van der Waals surface area contributed by atoms with Gasteiger partial charge in [-0.15, -0.1) is 0 Å². The van der Waals surface area contributed by atoms with Crippen molar-refractivity contribution >= 4 is 6.29 Å². The van der Waals surface area contributed by atoms with Crippen LogP contribution in [0.5, 0.6) is 0 Å². The van der Waals surface area contributed by atoms with Gasteiger partial charge in [0.2, 0.25) is 0 Å². The SMILES string of the molecule is COCOC1C=C2OCC(C=O)=CC2=C(C)C1. The highest BCUT2D eigenvalue weighted by Crippen LogP contribution is 2.31. The van der Waals surface area contributed by atoms with Crippen molar-refractivity contribution in [3.8, 4) is 0 Å². The number of rotatable bonds is 4. The van der Waals surface area contributed by atoms with Gasteiger partial charge >= 0.3 is 0 Å². The van der Waals surface area contributed by atoms with Crippen molar-refractivity contribution < 1.29 is 19.0 Å². The Hall–Kier alpha value is -1.39. The fourth-order valence-corrected chi connectivity index (χ4v) is 1.98. The van der Waals surface area contributed by atoms with Crippen molar-refractivity contribution in [2.45, 2.75) is 19.4 Å². The third kappa shape index (κ3) is 2.65. The molecule has 0 radical (unpaired) electrons. The number of carbonyl (C=O) groups is 1. The van der Waals surface area contributed by atoms with Crippen LogP contribution < -0.4 is 0 Å². The molecule has 1 aliphatic carbocycles. The summed E-state index contributed by atoms with van der Waals surface area (Å²) in [6.45, 7) is 2.63. The Morgan fingerprint density at radius 3 is 3.12 bits per heavy atom. The van der Waals surface area contributed by atoms with Crippen molar-refractivity contribution in [2.75, 3.05) is 20.5 Å². The summed E-state index contributed by atoms with van der Waals surface area (Å²) in [5.74, 6) is 0.806. The van der Waals surface area contributed by atoms with Gasteiger partial charge in [-0.3, -0.25) is 4.79 Å². The summed E-state index contributed by atoms with van der Waals surface area (Å²) in [5.41, 5.74) is 2.85. The van der Waals surface area contributed by atoms with Crippen molar-refractivity contribution in [1.82, 2.24) is 0 Å². The van der Waals surface area contributed by atoms with Gasteiger partial charge in [-0.2, -0.15) is 0 Å². The van der Waals surface area contributed by atoms with Gasteiger partial charge in [-0.05, 0) is 25.5 Å². The molecule has 1 aliphatic heterocycles. The van der Waals surface area contributed by atoms with E-state index in [0.29, 0.717) is 12.2 Å². The summed E-state index contributed by atoms with van der Waals surface area (Å²) in [7, 11) is 1.60. The monoisotopic (exact) mass is 236 g/mol. The molecular weight excluding hydrogens is 220 g/mol. The third-order valence-corrected chi connectivity index (χ3v) is 2.85. The number of hydrogen-bond donors (Lipinski definition) is 0. The van der Waals surface area contributed by atoms with Crippen LogP contribution in [-0.2, 0) is 19.0 Å². The molecule has 0 bridgehead atoms. The quantitative estimate of drug-likeness (QED) is 0.551. The van der Waals surface area contributed by atoms with Crippen LogP contribution in [0.3, 0.4) is 0 Å². The van der Waals surface area contributed by atoms with Crippen LogP contribution >= 0.6 is 0 Å². The maximum Gasteiger partial charge on any atom is 0.149 e. The predicted molar refractivity (Wildman–Crippen MR) is 62.2 cm³/mol. The first-order chi connectivity index (χ1) is 8.24. The highest BCUT2D eigenvalue weighted by Gasteiger charge is 2.23. The molecule has 0 N–H and O–H groups in total. The van der Waals surface area contributed by atoms with Gasteiger partial charge in [-0.1, -0.05) is 5.57 Å². The smallest absolute Gasteiger partial charge is 0.149 e. The van der Waals surface area contributed by atoms with Crippen molar-refractivity contribution in [3.63, 3.8) is 0 Å². The fraction of sp³-hybridized carbons (Fsp3) is 0.462. The minimum Gasteiger partial charge on any atom is -0.488 e. The van der Waals surface area contributed by atoms with E-state index in [1.165, 1.54) is 5.57 Å². The van der Waals surface area contributed by atoms with Gasteiger partial charge in [0.15, 0.2) is 0 Å². The lowest BCUT2D eigenvalue weighted by atomic mass is 9.92. The zero-order valence-electron chi connectivity index (χ0n) is 10.1. The molecule has 0 fully saturated rings. The van der Waals surface area contributed by atoms with Crippen LogP contribution in [0.1, 0.15) is 13.3 Å². The van der Waals surface area contributed by atoms with Crippen LogP contribution in [0.15, 0.2) is 34.6 Å². The summed E-state index contributed by atoms with van der Waals surface area (Å²) >= 11 is 0. The molecule has 92 valence electrons. The van der Waals surface area contributed by atoms with E-state index in [9.17, 15) is 4.79 Å². The lowest BCUT2D eigenvalue weighted by molar-refractivity contribution is -0.105. The van der Waals surface area contributed by atoms with E-state index in [0.717, 1.165) is 24.0 Å². The normalized spacial score (nSPS) is 23.5.